The summed E-state index contributed by atoms with van der Waals surface area (Å²) < 4.78 is 56.5. The zero-order valence-electron chi connectivity index (χ0n) is 41.0. The van der Waals surface area contributed by atoms with Crippen LogP contribution in [0.15, 0.2) is 65.7 Å². The summed E-state index contributed by atoms with van der Waals surface area (Å²) in [6.07, 6.45) is 25.0. The zero-order chi connectivity index (χ0) is 51.6. The van der Waals surface area contributed by atoms with Crippen molar-refractivity contribution in [3.63, 3.8) is 0 Å². The number of aliphatic hydroxyl groups excluding tert-OH is 4. The lowest BCUT2D eigenvalue weighted by atomic mass is 10.0. The third-order valence-corrected chi connectivity index (χ3v) is 13.7. The molecule has 400 valence electrons. The summed E-state index contributed by atoms with van der Waals surface area (Å²) in [6.45, 7) is 1.74. The molecule has 0 aromatic carbocycles. The first-order valence-corrected chi connectivity index (χ1v) is 27.8. The number of anilines is 1. The molecule has 20 nitrogen and oxygen atoms in total. The van der Waals surface area contributed by atoms with E-state index in [9.17, 15) is 53.7 Å². The van der Waals surface area contributed by atoms with E-state index in [0.717, 1.165) is 62.1 Å². The van der Waals surface area contributed by atoms with Crippen molar-refractivity contribution in [3.05, 3.63) is 71.4 Å². The van der Waals surface area contributed by atoms with Crippen LogP contribution < -0.4 is 11.4 Å². The van der Waals surface area contributed by atoms with Gasteiger partial charge in [0.2, 0.25) is 0 Å². The van der Waals surface area contributed by atoms with E-state index in [-0.39, 0.29) is 37.9 Å². The average Bonchev–Trinajstić information content (AvgIpc) is 3.59. The summed E-state index contributed by atoms with van der Waals surface area (Å²) in [5, 5.41) is 41.7. The fourth-order valence-electron chi connectivity index (χ4n) is 7.17. The van der Waals surface area contributed by atoms with Gasteiger partial charge < -0.3 is 50.2 Å². The smallest absolute Gasteiger partial charge is 0.462 e. The molecule has 0 amide bonds. The third-order valence-electron chi connectivity index (χ3n) is 11.1. The monoisotopic (exact) mass is 1030 g/mol. The van der Waals surface area contributed by atoms with Gasteiger partial charge >= 0.3 is 33.3 Å². The Hall–Kier alpha value is -3.36. The quantitative estimate of drug-likeness (QED) is 0.0143. The number of carbonyl (C=O) groups is 2. The molecule has 0 spiro atoms. The van der Waals surface area contributed by atoms with E-state index < -0.39 is 95.9 Å². The maximum absolute atomic E-state index is 12.8. The van der Waals surface area contributed by atoms with Crippen LogP contribution in [0.3, 0.4) is 0 Å². The molecule has 0 aliphatic carbocycles. The Morgan fingerprint density at radius 3 is 1.87 bits per heavy atom. The molecule has 2 unspecified atom stereocenters. The van der Waals surface area contributed by atoms with E-state index in [1.54, 1.807) is 6.08 Å². The van der Waals surface area contributed by atoms with Crippen molar-refractivity contribution in [1.29, 1.82) is 0 Å². The molecule has 22 heteroatoms. The van der Waals surface area contributed by atoms with Crippen LogP contribution >= 0.6 is 15.6 Å². The number of phosphoric acid groups is 2. The van der Waals surface area contributed by atoms with E-state index in [4.69, 9.17) is 29.0 Å². The number of unbranched alkanes of at least 4 members (excludes halogenated alkanes) is 12. The number of phosphoric ester groups is 2. The number of aromatic nitrogens is 2. The van der Waals surface area contributed by atoms with Crippen LogP contribution in [0.4, 0.5) is 5.82 Å². The topological polar surface area (TPSA) is 306 Å². The summed E-state index contributed by atoms with van der Waals surface area (Å²) in [6, 6.07) is 1.23. The Morgan fingerprint density at radius 2 is 1.29 bits per heavy atom. The van der Waals surface area contributed by atoms with E-state index in [1.807, 2.05) is 18.2 Å². The van der Waals surface area contributed by atoms with Gasteiger partial charge in [-0.3, -0.25) is 23.2 Å². The van der Waals surface area contributed by atoms with Crippen LogP contribution in [0.5, 0.6) is 0 Å². The number of hydrogen-bond acceptors (Lipinski definition) is 17. The molecule has 8 N–H and O–H groups in total. The van der Waals surface area contributed by atoms with Gasteiger partial charge in [-0.15, -0.1) is 0 Å². The summed E-state index contributed by atoms with van der Waals surface area (Å²) in [7, 11) is -11.0. The minimum Gasteiger partial charge on any atom is -0.462 e. The molecule has 0 bridgehead atoms. The first-order valence-electron chi connectivity index (χ1n) is 24.8. The molecule has 2 heterocycles. The van der Waals surface area contributed by atoms with Crippen molar-refractivity contribution < 1.29 is 76.5 Å². The minimum absolute atomic E-state index is 0.00950. The number of esters is 2. The molecule has 9 atom stereocenters. The second kappa shape index (κ2) is 36.5. The molecule has 1 fully saturated rings. The van der Waals surface area contributed by atoms with Gasteiger partial charge in [0.05, 0.1) is 25.4 Å². The lowest BCUT2D eigenvalue weighted by Crippen LogP contribution is -2.36. The first-order chi connectivity index (χ1) is 33.5. The van der Waals surface area contributed by atoms with E-state index in [2.05, 4.69) is 47.4 Å². The number of carbonyl (C=O) groups excluding carboxylic acids is 2. The van der Waals surface area contributed by atoms with Crippen molar-refractivity contribution in [2.24, 2.45) is 0 Å². The highest BCUT2D eigenvalue weighted by atomic mass is 31.3. The fraction of sp³-hybridized carbons (Fsp3) is 0.708. The number of allylic oxidation sites excluding steroid dienone is 7. The van der Waals surface area contributed by atoms with E-state index >= 15 is 0 Å². The number of ether oxygens (including phenoxy) is 3. The van der Waals surface area contributed by atoms with Crippen molar-refractivity contribution in [3.8, 4) is 0 Å². The zero-order valence-corrected chi connectivity index (χ0v) is 42.8. The molecular weight excluding hydrogens is 952 g/mol. The van der Waals surface area contributed by atoms with Crippen LogP contribution in [0.1, 0.15) is 161 Å². The largest absolute Gasteiger partial charge is 0.481 e. The van der Waals surface area contributed by atoms with Crippen molar-refractivity contribution in [2.45, 2.75) is 198 Å². The predicted molar refractivity (Wildman–Crippen MR) is 264 cm³/mol. The normalized spacial score (nSPS) is 20.6. The summed E-state index contributed by atoms with van der Waals surface area (Å²) in [5.41, 5.74) is 4.56. The van der Waals surface area contributed by atoms with Gasteiger partial charge in [-0.25, -0.2) is 13.9 Å². The Morgan fingerprint density at radius 1 is 0.743 bits per heavy atom. The predicted octanol–water partition coefficient (Wildman–Crippen LogP) is 7.72. The van der Waals surface area contributed by atoms with Gasteiger partial charge in [-0.1, -0.05) is 140 Å². The van der Waals surface area contributed by atoms with Gasteiger partial charge in [0.1, 0.15) is 30.7 Å². The molecule has 1 aliphatic heterocycles. The first kappa shape index (κ1) is 62.8. The molecular formula is C48H81N3O17P2. The summed E-state index contributed by atoms with van der Waals surface area (Å²) in [4.78, 5) is 61.9. The Kier molecular flexibility index (Phi) is 32.8. The number of hydrogen-bond donors (Lipinski definition) is 7. The van der Waals surface area contributed by atoms with Gasteiger partial charge in [0.15, 0.2) is 12.3 Å². The Labute approximate surface area is 413 Å². The van der Waals surface area contributed by atoms with Crippen LogP contribution in [0, 0.1) is 0 Å². The number of nitrogen functional groups attached to an aromatic ring is 1. The lowest BCUT2D eigenvalue weighted by molar-refractivity contribution is -0.161. The summed E-state index contributed by atoms with van der Waals surface area (Å²) >= 11 is 0. The number of aliphatic hydroxyl groups is 4. The van der Waals surface area contributed by atoms with Crippen molar-refractivity contribution in [2.75, 3.05) is 25.6 Å². The molecule has 0 saturated carbocycles. The van der Waals surface area contributed by atoms with E-state index in [0.29, 0.717) is 12.8 Å². The highest BCUT2D eigenvalue weighted by molar-refractivity contribution is 7.61. The molecule has 1 aromatic rings. The highest BCUT2D eigenvalue weighted by Gasteiger charge is 2.46. The second-order valence-electron chi connectivity index (χ2n) is 17.2. The standard InChI is InChI=1S/C48H81N3O17P2/c1-3-5-7-9-11-13-15-17-19-21-23-25-27-31-44(55)66-38(35-63-43(54)32-28-30-40(53)39(52)29-26-24-22-20-18-16-14-12-10-8-6-4-2)36-64-69(59,60)68-70(61,62)65-37-41-45(56)46(57)47(67-41)51-34-33-42(49)50-48(51)58/h6,8,12,14,18,20,24,26,33-34,38-41,45-47,52-53,56-57H,3-5,7,9-11,13,15-17,19,21-23,25,27-32,35-37H2,1-2H3,(H,59,60)(H,61,62)(H2,49,50,58)/b8-6-,14-12-,20-18-,26-24-/t38-,39+,40+,41-,45-,46-,47-/m1/s1. The highest BCUT2D eigenvalue weighted by Crippen LogP contribution is 2.60. The number of nitrogens with two attached hydrogens (primary N) is 1. The maximum atomic E-state index is 12.8. The van der Waals surface area contributed by atoms with Crippen LogP contribution in [0.25, 0.3) is 0 Å². The molecule has 0 radical (unpaired) electrons. The van der Waals surface area contributed by atoms with Crippen LogP contribution in [0.2, 0.25) is 0 Å². The molecule has 1 aromatic heterocycles. The van der Waals surface area contributed by atoms with Crippen molar-refractivity contribution >= 4 is 33.4 Å². The molecule has 2 rings (SSSR count). The molecule has 70 heavy (non-hydrogen) atoms. The third kappa shape index (κ3) is 28.6. The van der Waals surface area contributed by atoms with Crippen LogP contribution in [-0.4, -0.2) is 108 Å². The maximum Gasteiger partial charge on any atom is 0.481 e. The number of nitrogens with zero attached hydrogens (tertiary/aromatic N) is 2. The fourth-order valence-corrected chi connectivity index (χ4v) is 9.28. The van der Waals surface area contributed by atoms with Gasteiger partial charge in [-0.2, -0.15) is 9.29 Å². The average molecular weight is 1030 g/mol. The Balaban J connectivity index is 1.87. The summed E-state index contributed by atoms with van der Waals surface area (Å²) in [5.74, 6) is -1.60. The van der Waals surface area contributed by atoms with E-state index in [1.165, 1.54) is 51.0 Å². The Bertz CT molecular complexity index is 1900. The molecule has 1 aliphatic rings. The second-order valence-corrected chi connectivity index (χ2v) is 20.3. The van der Waals surface area contributed by atoms with Gasteiger partial charge in [0, 0.05) is 19.0 Å². The van der Waals surface area contributed by atoms with Gasteiger partial charge in [0.25, 0.3) is 0 Å². The van der Waals surface area contributed by atoms with Gasteiger partial charge in [-0.05, 0) is 57.4 Å². The number of rotatable bonds is 40. The SMILES string of the molecule is CC/C=C\C/C=C\C/C=C\C/C=C\C[C@H](O)[C@@H](O)CCCC(=O)OC[C@H](COP(=O)(O)OP(=O)(O)OC[C@H]1O[C@@H](n2ccc(N)nc2=O)[C@H](O)[C@@H]1O)OC(=O)CCCCCCCCCCCCCCC. The lowest BCUT2D eigenvalue weighted by Gasteiger charge is -2.21. The molecule has 1 saturated heterocycles. The minimum atomic E-state index is -5.48. The van der Waals surface area contributed by atoms with Crippen molar-refractivity contribution in [1.82, 2.24) is 9.55 Å². The van der Waals surface area contributed by atoms with Crippen LogP contribution in [-0.2, 0) is 46.3 Å².